The second-order valence-corrected chi connectivity index (χ2v) is 3.16. The number of carbonyl (C=O) groups is 1. The van der Waals surface area contributed by atoms with Gasteiger partial charge >= 0.3 is 0 Å². The molecule has 0 unspecified atom stereocenters. The molecule has 2 saturated heterocycles. The first-order valence-electron chi connectivity index (χ1n) is 3.45. The van der Waals surface area contributed by atoms with Crippen LogP contribution < -0.4 is 11.1 Å². The molecule has 2 fully saturated rings. The number of fused-ring (bicyclic) bond motifs is 1. The zero-order valence-corrected chi connectivity index (χ0v) is 5.92. The van der Waals surface area contributed by atoms with Crippen molar-refractivity contribution < 1.29 is 4.79 Å². The Morgan fingerprint density at radius 3 is 3.00 bits per heavy atom. The van der Waals surface area contributed by atoms with Crippen LogP contribution in [0.4, 0.5) is 0 Å². The summed E-state index contributed by atoms with van der Waals surface area (Å²) in [6, 6.07) is -0.0625. The highest BCUT2D eigenvalue weighted by Crippen LogP contribution is 2.29. The molecule has 2 aliphatic rings. The fourth-order valence-electron chi connectivity index (χ4n) is 1.81. The number of carbonyl (C=O) groups excluding carboxylic acids is 1. The average Bonchev–Trinajstić information content (AvgIpc) is 2.03. The first kappa shape index (κ1) is 6.12. The van der Waals surface area contributed by atoms with E-state index in [9.17, 15) is 4.79 Å². The number of likely N-dealkylation sites (N-methyl/N-ethyl adjacent to an activating group) is 1. The summed E-state index contributed by atoms with van der Waals surface area (Å²) in [7, 11) is 1.93. The lowest BCUT2D eigenvalue weighted by atomic mass is 9.92. The predicted octanol–water partition coefficient (Wildman–Crippen LogP) is -1.52. The highest BCUT2D eigenvalue weighted by molar-refractivity contribution is 5.91. The summed E-state index contributed by atoms with van der Waals surface area (Å²) in [5.74, 6) is 0.0718. The lowest BCUT2D eigenvalue weighted by Crippen LogP contribution is -2.77. The molecule has 1 amide bonds. The molecule has 0 aromatic heterocycles. The number of amides is 1. The number of nitrogens with zero attached hydrogens (tertiary/aromatic N) is 1. The van der Waals surface area contributed by atoms with Crippen LogP contribution in [0.15, 0.2) is 0 Å². The van der Waals surface area contributed by atoms with E-state index in [1.54, 1.807) is 0 Å². The van der Waals surface area contributed by atoms with Gasteiger partial charge in [0.25, 0.3) is 0 Å². The third kappa shape index (κ3) is 0.507. The van der Waals surface area contributed by atoms with Crippen LogP contribution in [-0.2, 0) is 4.79 Å². The molecule has 4 nitrogen and oxygen atoms in total. The van der Waals surface area contributed by atoms with E-state index in [1.165, 1.54) is 0 Å². The standard InChI is InChI=1S/C6H11N3O/c1-9-3-2-6(7)4(9)5(10)8-6/h4H,2-3,7H2,1H3,(H,8,10)/t4-,6-/m1/s1. The Morgan fingerprint density at radius 2 is 2.60 bits per heavy atom. The van der Waals surface area contributed by atoms with E-state index in [2.05, 4.69) is 5.32 Å². The maximum absolute atomic E-state index is 10.9. The number of β-lactam (4-membered cyclic amide) rings is 1. The highest BCUT2D eigenvalue weighted by atomic mass is 16.2. The molecule has 0 bridgehead atoms. The van der Waals surface area contributed by atoms with Crippen LogP contribution in [-0.4, -0.2) is 36.1 Å². The summed E-state index contributed by atoms with van der Waals surface area (Å²) in [6.45, 7) is 0.917. The monoisotopic (exact) mass is 141 g/mol. The highest BCUT2D eigenvalue weighted by Gasteiger charge is 2.56. The van der Waals surface area contributed by atoms with Crippen molar-refractivity contribution in [2.24, 2.45) is 5.73 Å². The minimum atomic E-state index is -0.397. The molecule has 2 atom stereocenters. The lowest BCUT2D eigenvalue weighted by molar-refractivity contribution is -0.138. The molecular weight excluding hydrogens is 130 g/mol. The van der Waals surface area contributed by atoms with Crippen LogP contribution in [0.2, 0.25) is 0 Å². The van der Waals surface area contributed by atoms with Crippen LogP contribution in [0.1, 0.15) is 6.42 Å². The summed E-state index contributed by atoms with van der Waals surface area (Å²) in [5.41, 5.74) is 5.42. The number of nitrogens with two attached hydrogens (primary N) is 1. The van der Waals surface area contributed by atoms with Gasteiger partial charge in [-0.2, -0.15) is 0 Å². The number of rotatable bonds is 0. The zero-order chi connectivity index (χ0) is 7.35. The first-order valence-corrected chi connectivity index (χ1v) is 3.45. The van der Waals surface area contributed by atoms with Crippen molar-refractivity contribution in [1.82, 2.24) is 10.2 Å². The Hall–Kier alpha value is -0.610. The SMILES string of the molecule is CN1CC[C@@]2(N)NC(=O)[C@@H]12. The van der Waals surface area contributed by atoms with Gasteiger partial charge in [0.2, 0.25) is 5.91 Å². The second-order valence-electron chi connectivity index (χ2n) is 3.16. The van der Waals surface area contributed by atoms with E-state index >= 15 is 0 Å². The van der Waals surface area contributed by atoms with Crippen LogP contribution in [0, 0.1) is 0 Å². The Bertz CT molecular complexity index is 193. The molecule has 0 saturated carbocycles. The Kier molecular flexibility index (Phi) is 0.928. The van der Waals surface area contributed by atoms with E-state index in [1.807, 2.05) is 11.9 Å². The van der Waals surface area contributed by atoms with Gasteiger partial charge in [-0.25, -0.2) is 0 Å². The van der Waals surface area contributed by atoms with Crippen molar-refractivity contribution in [1.29, 1.82) is 0 Å². The van der Waals surface area contributed by atoms with Gasteiger partial charge < -0.3 is 11.1 Å². The summed E-state index contributed by atoms with van der Waals surface area (Å²) in [5, 5.41) is 2.71. The minimum absolute atomic E-state index is 0.0625. The van der Waals surface area contributed by atoms with E-state index in [0.717, 1.165) is 13.0 Å². The van der Waals surface area contributed by atoms with Gasteiger partial charge in [-0.05, 0) is 13.5 Å². The largest absolute Gasteiger partial charge is 0.335 e. The fourth-order valence-corrected chi connectivity index (χ4v) is 1.81. The van der Waals surface area contributed by atoms with Crippen molar-refractivity contribution in [3.63, 3.8) is 0 Å². The van der Waals surface area contributed by atoms with Crippen LogP contribution in [0.3, 0.4) is 0 Å². The van der Waals surface area contributed by atoms with E-state index in [4.69, 9.17) is 5.73 Å². The lowest BCUT2D eigenvalue weighted by Gasteiger charge is -2.43. The molecule has 0 aromatic carbocycles. The third-order valence-electron chi connectivity index (χ3n) is 2.41. The van der Waals surface area contributed by atoms with Crippen molar-refractivity contribution in [3.05, 3.63) is 0 Å². The second kappa shape index (κ2) is 1.52. The maximum atomic E-state index is 10.9. The Labute approximate surface area is 59.4 Å². The van der Waals surface area contributed by atoms with Crippen molar-refractivity contribution in [3.8, 4) is 0 Å². The number of nitrogens with one attached hydrogen (secondary N) is 1. The van der Waals surface area contributed by atoms with Crippen LogP contribution in [0.5, 0.6) is 0 Å². The van der Waals surface area contributed by atoms with Crippen molar-refractivity contribution >= 4 is 5.91 Å². The minimum Gasteiger partial charge on any atom is -0.335 e. The maximum Gasteiger partial charge on any atom is 0.242 e. The topological polar surface area (TPSA) is 58.4 Å². The molecule has 10 heavy (non-hydrogen) atoms. The molecule has 4 heteroatoms. The predicted molar refractivity (Wildman–Crippen MR) is 36.1 cm³/mol. The molecule has 3 N–H and O–H groups in total. The van der Waals surface area contributed by atoms with Gasteiger partial charge in [0, 0.05) is 6.54 Å². The fraction of sp³-hybridized carbons (Fsp3) is 0.833. The van der Waals surface area contributed by atoms with Gasteiger partial charge in [0.15, 0.2) is 0 Å². The van der Waals surface area contributed by atoms with Gasteiger partial charge in [-0.15, -0.1) is 0 Å². The molecule has 56 valence electrons. The first-order chi connectivity index (χ1) is 4.63. The number of hydrogen-bond acceptors (Lipinski definition) is 3. The Morgan fingerprint density at radius 1 is 1.90 bits per heavy atom. The molecule has 0 radical (unpaired) electrons. The summed E-state index contributed by atoms with van der Waals surface area (Å²) in [4.78, 5) is 12.9. The summed E-state index contributed by atoms with van der Waals surface area (Å²) in [6.07, 6.45) is 0.875. The summed E-state index contributed by atoms with van der Waals surface area (Å²) >= 11 is 0. The molecule has 0 aromatic rings. The smallest absolute Gasteiger partial charge is 0.242 e. The van der Waals surface area contributed by atoms with Gasteiger partial charge in [0.1, 0.15) is 11.7 Å². The van der Waals surface area contributed by atoms with Gasteiger partial charge in [0.05, 0.1) is 0 Å². The van der Waals surface area contributed by atoms with Crippen LogP contribution in [0.25, 0.3) is 0 Å². The van der Waals surface area contributed by atoms with Crippen LogP contribution >= 0.6 is 0 Å². The Balaban J connectivity index is 2.24. The van der Waals surface area contributed by atoms with E-state index in [-0.39, 0.29) is 11.9 Å². The number of hydrogen-bond donors (Lipinski definition) is 2. The molecule has 2 rings (SSSR count). The van der Waals surface area contributed by atoms with Crippen molar-refractivity contribution in [2.45, 2.75) is 18.1 Å². The zero-order valence-electron chi connectivity index (χ0n) is 5.92. The molecular formula is C6H11N3O. The average molecular weight is 141 g/mol. The van der Waals surface area contributed by atoms with E-state index in [0.29, 0.717) is 0 Å². The normalized spacial score (nSPS) is 46.2. The molecule has 0 spiro atoms. The quantitative estimate of drug-likeness (QED) is 0.403. The van der Waals surface area contributed by atoms with Gasteiger partial charge in [-0.1, -0.05) is 0 Å². The van der Waals surface area contributed by atoms with Crippen molar-refractivity contribution in [2.75, 3.05) is 13.6 Å². The molecule has 0 aliphatic carbocycles. The summed E-state index contributed by atoms with van der Waals surface area (Å²) < 4.78 is 0. The third-order valence-corrected chi connectivity index (χ3v) is 2.41. The van der Waals surface area contributed by atoms with E-state index < -0.39 is 5.66 Å². The molecule has 2 aliphatic heterocycles. The molecule has 2 heterocycles. The number of likely N-dealkylation sites (tertiary alicyclic amines) is 1. The van der Waals surface area contributed by atoms with Gasteiger partial charge in [-0.3, -0.25) is 9.69 Å².